The number of likely N-dealkylation sites (tertiary alicyclic amines) is 1. The van der Waals surface area contributed by atoms with Crippen molar-refractivity contribution in [2.24, 2.45) is 0 Å². The Hall–Kier alpha value is -0.650. The molecular formula is C13H20BrN3O. The first-order chi connectivity index (χ1) is 8.69. The van der Waals surface area contributed by atoms with Crippen LogP contribution in [0.4, 0.5) is 0 Å². The number of pyridine rings is 1. The van der Waals surface area contributed by atoms with E-state index in [9.17, 15) is 0 Å². The van der Waals surface area contributed by atoms with Gasteiger partial charge < -0.3 is 15.0 Å². The Balaban J connectivity index is 1.91. The number of piperidine rings is 1. The van der Waals surface area contributed by atoms with Crippen molar-refractivity contribution < 1.29 is 4.74 Å². The van der Waals surface area contributed by atoms with E-state index in [1.165, 1.54) is 25.9 Å². The highest BCUT2D eigenvalue weighted by atomic mass is 79.9. The van der Waals surface area contributed by atoms with Gasteiger partial charge in [0.25, 0.3) is 0 Å². The van der Waals surface area contributed by atoms with Gasteiger partial charge in [-0.25, -0.2) is 4.98 Å². The lowest BCUT2D eigenvalue weighted by Gasteiger charge is -2.29. The molecule has 0 atom stereocenters. The Bertz CT molecular complexity index is 392. The fourth-order valence-corrected chi connectivity index (χ4v) is 2.62. The summed E-state index contributed by atoms with van der Waals surface area (Å²) in [6.07, 6.45) is 4.18. The van der Waals surface area contributed by atoms with Crippen LogP contribution in [-0.2, 0) is 6.54 Å². The molecule has 0 bridgehead atoms. The quantitative estimate of drug-likeness (QED) is 0.923. The molecule has 1 aliphatic heterocycles. The lowest BCUT2D eigenvalue weighted by molar-refractivity contribution is 0.233. The number of rotatable bonds is 4. The van der Waals surface area contributed by atoms with Gasteiger partial charge >= 0.3 is 0 Å². The molecule has 5 heteroatoms. The molecule has 4 nitrogen and oxygen atoms in total. The minimum absolute atomic E-state index is 0.602. The van der Waals surface area contributed by atoms with Crippen molar-refractivity contribution in [3.8, 4) is 5.88 Å². The van der Waals surface area contributed by atoms with Crippen LogP contribution in [0.3, 0.4) is 0 Å². The summed E-state index contributed by atoms with van der Waals surface area (Å²) in [5, 5.41) is 3.59. The van der Waals surface area contributed by atoms with Crippen LogP contribution in [0.1, 0.15) is 18.4 Å². The zero-order valence-corrected chi connectivity index (χ0v) is 12.5. The van der Waals surface area contributed by atoms with Crippen molar-refractivity contribution in [3.05, 3.63) is 22.3 Å². The molecule has 0 aromatic carbocycles. The number of ether oxygens (including phenoxy) is 1. The van der Waals surface area contributed by atoms with Gasteiger partial charge in [-0.15, -0.1) is 0 Å². The Morgan fingerprint density at radius 1 is 1.50 bits per heavy atom. The molecular weight excluding hydrogens is 294 g/mol. The predicted molar refractivity (Wildman–Crippen MR) is 75.8 cm³/mol. The van der Waals surface area contributed by atoms with Crippen molar-refractivity contribution in [1.82, 2.24) is 15.2 Å². The maximum absolute atomic E-state index is 5.28. The molecule has 1 aromatic heterocycles. The Labute approximate surface area is 117 Å². The molecule has 1 aliphatic rings. The summed E-state index contributed by atoms with van der Waals surface area (Å²) < 4.78 is 6.27. The van der Waals surface area contributed by atoms with Crippen molar-refractivity contribution in [2.75, 3.05) is 27.2 Å². The first-order valence-corrected chi connectivity index (χ1v) is 7.08. The first-order valence-electron chi connectivity index (χ1n) is 6.29. The van der Waals surface area contributed by atoms with Crippen LogP contribution in [-0.4, -0.2) is 43.2 Å². The second kappa shape index (κ2) is 6.50. The highest BCUT2D eigenvalue weighted by Crippen LogP contribution is 2.20. The molecule has 1 fully saturated rings. The SMILES string of the molecule is COc1ncc(Br)cc1CNC1CCN(C)CC1. The van der Waals surface area contributed by atoms with Crippen molar-refractivity contribution in [3.63, 3.8) is 0 Å². The number of hydrogen-bond acceptors (Lipinski definition) is 4. The molecule has 1 saturated heterocycles. The molecule has 0 aliphatic carbocycles. The van der Waals surface area contributed by atoms with E-state index >= 15 is 0 Å². The summed E-state index contributed by atoms with van der Waals surface area (Å²) in [5.41, 5.74) is 1.10. The van der Waals surface area contributed by atoms with Gasteiger partial charge in [0.15, 0.2) is 0 Å². The first kappa shape index (κ1) is 13.8. The summed E-state index contributed by atoms with van der Waals surface area (Å²) in [7, 11) is 3.84. The second-order valence-corrected chi connectivity index (χ2v) is 5.70. The molecule has 1 N–H and O–H groups in total. The summed E-state index contributed by atoms with van der Waals surface area (Å²) in [5.74, 6) is 0.707. The van der Waals surface area contributed by atoms with E-state index in [0.29, 0.717) is 11.9 Å². The smallest absolute Gasteiger partial charge is 0.217 e. The number of methoxy groups -OCH3 is 1. The largest absolute Gasteiger partial charge is 0.481 e. The molecule has 0 radical (unpaired) electrons. The average molecular weight is 314 g/mol. The van der Waals surface area contributed by atoms with E-state index in [4.69, 9.17) is 4.74 Å². The summed E-state index contributed by atoms with van der Waals surface area (Å²) in [6.45, 7) is 3.15. The number of halogens is 1. The fourth-order valence-electron chi connectivity index (χ4n) is 2.25. The second-order valence-electron chi connectivity index (χ2n) is 4.78. The van der Waals surface area contributed by atoms with Crippen LogP contribution in [0.25, 0.3) is 0 Å². The van der Waals surface area contributed by atoms with Gasteiger partial charge in [0, 0.05) is 28.8 Å². The molecule has 18 heavy (non-hydrogen) atoms. The van der Waals surface area contributed by atoms with E-state index in [-0.39, 0.29) is 0 Å². The monoisotopic (exact) mass is 313 g/mol. The van der Waals surface area contributed by atoms with Gasteiger partial charge in [-0.3, -0.25) is 0 Å². The molecule has 2 rings (SSSR count). The topological polar surface area (TPSA) is 37.4 Å². The third kappa shape index (κ3) is 3.67. The molecule has 0 unspecified atom stereocenters. The van der Waals surface area contributed by atoms with E-state index in [1.807, 2.05) is 0 Å². The lowest BCUT2D eigenvalue weighted by atomic mass is 10.1. The van der Waals surface area contributed by atoms with Crippen molar-refractivity contribution >= 4 is 15.9 Å². The van der Waals surface area contributed by atoms with Crippen molar-refractivity contribution in [2.45, 2.75) is 25.4 Å². The van der Waals surface area contributed by atoms with E-state index in [1.54, 1.807) is 13.3 Å². The minimum Gasteiger partial charge on any atom is -0.481 e. The zero-order valence-electron chi connectivity index (χ0n) is 10.9. The predicted octanol–water partition coefficient (Wildman–Crippen LogP) is 2.04. The summed E-state index contributed by atoms with van der Waals surface area (Å²) >= 11 is 3.45. The Morgan fingerprint density at radius 3 is 2.89 bits per heavy atom. The summed E-state index contributed by atoms with van der Waals surface area (Å²) in [6, 6.07) is 2.67. The van der Waals surface area contributed by atoms with Crippen LogP contribution in [0.2, 0.25) is 0 Å². The maximum Gasteiger partial charge on any atom is 0.217 e. The van der Waals surface area contributed by atoms with Crippen LogP contribution in [0.5, 0.6) is 5.88 Å². The minimum atomic E-state index is 0.602. The molecule has 1 aromatic rings. The van der Waals surface area contributed by atoms with Gasteiger partial charge in [-0.2, -0.15) is 0 Å². The van der Waals surface area contributed by atoms with Crippen molar-refractivity contribution in [1.29, 1.82) is 0 Å². The average Bonchev–Trinajstić information content (AvgIpc) is 2.38. The Kier molecular flexibility index (Phi) is 4.97. The zero-order chi connectivity index (χ0) is 13.0. The van der Waals surface area contributed by atoms with Gasteiger partial charge in [0.1, 0.15) is 0 Å². The third-order valence-electron chi connectivity index (χ3n) is 3.39. The van der Waals surface area contributed by atoms with Gasteiger partial charge in [-0.05, 0) is 55.0 Å². The number of nitrogens with one attached hydrogen (secondary N) is 1. The molecule has 0 saturated carbocycles. The van der Waals surface area contributed by atoms with E-state index in [0.717, 1.165) is 16.6 Å². The molecule has 0 spiro atoms. The number of aromatic nitrogens is 1. The highest BCUT2D eigenvalue weighted by molar-refractivity contribution is 9.10. The van der Waals surface area contributed by atoms with Crippen LogP contribution in [0, 0.1) is 0 Å². The Morgan fingerprint density at radius 2 is 2.22 bits per heavy atom. The van der Waals surface area contributed by atoms with E-state index in [2.05, 4.69) is 44.2 Å². The van der Waals surface area contributed by atoms with Gasteiger partial charge in [-0.1, -0.05) is 0 Å². The van der Waals surface area contributed by atoms with Gasteiger partial charge in [0.05, 0.1) is 7.11 Å². The number of nitrogens with zero attached hydrogens (tertiary/aromatic N) is 2. The molecule has 100 valence electrons. The molecule has 0 amide bonds. The normalized spacial score (nSPS) is 17.9. The van der Waals surface area contributed by atoms with Crippen LogP contribution < -0.4 is 10.1 Å². The third-order valence-corrected chi connectivity index (χ3v) is 3.82. The number of hydrogen-bond donors (Lipinski definition) is 1. The van der Waals surface area contributed by atoms with Crippen LogP contribution in [0.15, 0.2) is 16.7 Å². The standard InChI is InChI=1S/C13H20BrN3O/c1-17-5-3-12(4-6-17)15-8-10-7-11(14)9-16-13(10)18-2/h7,9,12,15H,3-6,8H2,1-2H3. The summed E-state index contributed by atoms with van der Waals surface area (Å²) in [4.78, 5) is 6.63. The molecule has 2 heterocycles. The lowest BCUT2D eigenvalue weighted by Crippen LogP contribution is -2.40. The highest BCUT2D eigenvalue weighted by Gasteiger charge is 2.16. The maximum atomic E-state index is 5.28. The van der Waals surface area contributed by atoms with E-state index < -0.39 is 0 Å². The van der Waals surface area contributed by atoms with Gasteiger partial charge in [0.2, 0.25) is 5.88 Å². The van der Waals surface area contributed by atoms with Crippen LogP contribution >= 0.6 is 15.9 Å². The fraction of sp³-hybridized carbons (Fsp3) is 0.615.